The van der Waals surface area contributed by atoms with Gasteiger partial charge < -0.3 is 9.88 Å². The third kappa shape index (κ3) is 3.75. The van der Waals surface area contributed by atoms with E-state index in [0.717, 1.165) is 60.9 Å². The summed E-state index contributed by atoms with van der Waals surface area (Å²) < 4.78 is 1.67. The maximum atomic E-state index is 12.9. The van der Waals surface area contributed by atoms with Gasteiger partial charge in [0, 0.05) is 28.4 Å². The average Bonchev–Trinajstić information content (AvgIpc) is 3.16. The second-order valence-corrected chi connectivity index (χ2v) is 8.58. The molecule has 2 aliphatic rings. The van der Waals surface area contributed by atoms with Gasteiger partial charge in [-0.15, -0.1) is 0 Å². The summed E-state index contributed by atoms with van der Waals surface area (Å²) in [6.45, 7) is 2.31. The van der Waals surface area contributed by atoms with Crippen LogP contribution in [-0.2, 0) is 24.2 Å². The van der Waals surface area contributed by atoms with E-state index in [4.69, 9.17) is 11.6 Å². The predicted molar refractivity (Wildman–Crippen MR) is 113 cm³/mol. The van der Waals surface area contributed by atoms with Crippen molar-refractivity contribution in [1.29, 1.82) is 0 Å². The molecule has 1 N–H and O–H groups in total. The van der Waals surface area contributed by atoms with Crippen molar-refractivity contribution in [2.75, 3.05) is 0 Å². The van der Waals surface area contributed by atoms with Crippen molar-refractivity contribution in [2.24, 2.45) is 5.92 Å². The zero-order chi connectivity index (χ0) is 19.7. The van der Waals surface area contributed by atoms with E-state index in [1.165, 1.54) is 6.42 Å². The van der Waals surface area contributed by atoms with Crippen molar-refractivity contribution in [3.8, 4) is 11.1 Å². The molecule has 0 unspecified atom stereocenters. The van der Waals surface area contributed by atoms with Crippen molar-refractivity contribution in [1.82, 2.24) is 9.88 Å². The summed E-state index contributed by atoms with van der Waals surface area (Å²) in [5, 5.41) is 3.82. The van der Waals surface area contributed by atoms with Gasteiger partial charge in [0.1, 0.15) is 6.54 Å². The fourth-order valence-corrected chi connectivity index (χ4v) is 4.99. The molecule has 1 aromatic heterocycles. The average molecular weight is 399 g/mol. The largest absolute Gasteiger partial charge is 0.352 e. The van der Waals surface area contributed by atoms with Crippen LogP contribution in [0.25, 0.3) is 11.1 Å². The molecule has 28 heavy (non-hydrogen) atoms. The van der Waals surface area contributed by atoms with Crippen LogP contribution >= 0.6 is 11.6 Å². The van der Waals surface area contributed by atoms with Crippen LogP contribution in [0.15, 0.2) is 35.1 Å². The molecule has 0 aliphatic heterocycles. The molecule has 1 heterocycles. The van der Waals surface area contributed by atoms with E-state index in [0.29, 0.717) is 10.9 Å². The van der Waals surface area contributed by atoms with Crippen molar-refractivity contribution in [2.45, 2.75) is 64.5 Å². The molecule has 2 aliphatic carbocycles. The Morgan fingerprint density at radius 1 is 1.14 bits per heavy atom. The monoisotopic (exact) mass is 398 g/mol. The third-order valence-electron chi connectivity index (χ3n) is 6.30. The zero-order valence-electron chi connectivity index (χ0n) is 16.3. The number of nitrogens with zero attached hydrogens (tertiary/aromatic N) is 1. The molecule has 0 spiro atoms. The van der Waals surface area contributed by atoms with Gasteiger partial charge in [0.15, 0.2) is 0 Å². The summed E-state index contributed by atoms with van der Waals surface area (Å²) in [6.07, 6.45) is 7.34. The number of fused-ring (bicyclic) bond motifs is 1. The van der Waals surface area contributed by atoms with Crippen LogP contribution in [0.3, 0.4) is 0 Å². The number of hydrogen-bond donors (Lipinski definition) is 1. The number of halogens is 1. The van der Waals surface area contributed by atoms with Crippen molar-refractivity contribution in [3.63, 3.8) is 0 Å². The fraction of sp³-hybridized carbons (Fsp3) is 0.478. The number of rotatable bonds is 4. The maximum absolute atomic E-state index is 12.9. The lowest BCUT2D eigenvalue weighted by molar-refractivity contribution is -0.123. The zero-order valence-corrected chi connectivity index (χ0v) is 17.1. The summed E-state index contributed by atoms with van der Waals surface area (Å²) in [4.78, 5) is 25.6. The van der Waals surface area contributed by atoms with Crippen LogP contribution in [0.2, 0.25) is 5.02 Å². The molecule has 0 radical (unpaired) electrons. The van der Waals surface area contributed by atoms with Gasteiger partial charge in [-0.3, -0.25) is 9.59 Å². The molecule has 4 rings (SSSR count). The van der Waals surface area contributed by atoms with E-state index in [2.05, 4.69) is 12.2 Å². The number of pyridine rings is 1. The molecular weight excluding hydrogens is 372 g/mol. The molecule has 5 heteroatoms. The van der Waals surface area contributed by atoms with Gasteiger partial charge in [0.25, 0.3) is 5.56 Å². The van der Waals surface area contributed by atoms with Gasteiger partial charge in [-0.2, -0.15) is 0 Å². The Balaban J connectivity index is 1.62. The number of hydrogen-bond acceptors (Lipinski definition) is 2. The van der Waals surface area contributed by atoms with Crippen molar-refractivity contribution in [3.05, 3.63) is 57.0 Å². The Morgan fingerprint density at radius 3 is 2.71 bits per heavy atom. The van der Waals surface area contributed by atoms with Crippen LogP contribution in [0.1, 0.15) is 50.3 Å². The molecule has 2 atom stereocenters. The van der Waals surface area contributed by atoms with E-state index in [9.17, 15) is 9.59 Å². The highest BCUT2D eigenvalue weighted by molar-refractivity contribution is 6.33. The first-order valence-corrected chi connectivity index (χ1v) is 10.7. The van der Waals surface area contributed by atoms with Crippen molar-refractivity contribution < 1.29 is 4.79 Å². The third-order valence-corrected chi connectivity index (χ3v) is 6.63. The number of carbonyl (C=O) groups excluding carboxylic acids is 1. The Morgan fingerprint density at radius 2 is 1.93 bits per heavy atom. The highest BCUT2D eigenvalue weighted by Crippen LogP contribution is 2.34. The highest BCUT2D eigenvalue weighted by Gasteiger charge is 2.25. The minimum atomic E-state index is -0.123. The summed E-state index contributed by atoms with van der Waals surface area (Å²) in [5.41, 5.74) is 3.84. The molecule has 0 saturated heterocycles. The van der Waals surface area contributed by atoms with Gasteiger partial charge in [0.2, 0.25) is 5.91 Å². The van der Waals surface area contributed by atoms with Gasteiger partial charge in [-0.25, -0.2) is 0 Å². The van der Waals surface area contributed by atoms with E-state index in [1.54, 1.807) is 10.6 Å². The molecule has 148 valence electrons. The van der Waals surface area contributed by atoms with Gasteiger partial charge in [0.05, 0.1) is 0 Å². The summed E-state index contributed by atoms with van der Waals surface area (Å²) in [5.74, 6) is 0.447. The number of carbonyl (C=O) groups is 1. The second-order valence-electron chi connectivity index (χ2n) is 8.18. The normalized spacial score (nSPS) is 21.4. The predicted octanol–water partition coefficient (Wildman–Crippen LogP) is 4.35. The summed E-state index contributed by atoms with van der Waals surface area (Å²) >= 11 is 6.39. The lowest BCUT2D eigenvalue weighted by Crippen LogP contribution is -2.43. The Kier molecular flexibility index (Phi) is 5.58. The fourth-order valence-electron chi connectivity index (χ4n) is 4.76. The molecular formula is C23H27ClN2O2. The summed E-state index contributed by atoms with van der Waals surface area (Å²) in [6, 6.07) is 9.52. The number of benzene rings is 1. The van der Waals surface area contributed by atoms with Gasteiger partial charge in [-0.05, 0) is 55.2 Å². The molecule has 2 aromatic rings. The minimum absolute atomic E-state index is 0.0551. The SMILES string of the molecule is C[C@@H]1CCCC[C@@H]1NC(=O)Cn1c2c(c(-c3ccccc3Cl)cc1=O)CCC2. The van der Waals surface area contributed by atoms with Crippen molar-refractivity contribution >= 4 is 17.5 Å². The topological polar surface area (TPSA) is 51.1 Å². The Bertz CT molecular complexity index is 950. The highest BCUT2D eigenvalue weighted by atomic mass is 35.5. The number of nitrogens with one attached hydrogen (secondary N) is 1. The summed E-state index contributed by atoms with van der Waals surface area (Å²) in [7, 11) is 0. The second kappa shape index (κ2) is 8.12. The maximum Gasteiger partial charge on any atom is 0.251 e. The number of aromatic nitrogens is 1. The van der Waals surface area contributed by atoms with Crippen LogP contribution in [0.5, 0.6) is 0 Å². The molecule has 0 bridgehead atoms. The standard InChI is InChI=1S/C23H27ClN2O2/c1-15-7-2-5-11-20(15)25-22(27)14-26-21-12-6-9-17(21)18(13-23(26)28)16-8-3-4-10-19(16)24/h3-4,8,10,13,15,20H,2,5-7,9,11-12,14H2,1H3,(H,25,27)/t15-,20+/m1/s1. The molecule has 4 nitrogen and oxygen atoms in total. The van der Waals surface area contributed by atoms with Crippen LogP contribution in [0, 0.1) is 5.92 Å². The molecule has 1 saturated carbocycles. The smallest absolute Gasteiger partial charge is 0.251 e. The van der Waals surface area contributed by atoms with E-state index < -0.39 is 0 Å². The lowest BCUT2D eigenvalue weighted by atomic mass is 9.86. The van der Waals surface area contributed by atoms with Gasteiger partial charge >= 0.3 is 0 Å². The van der Waals surface area contributed by atoms with Crippen LogP contribution in [0.4, 0.5) is 0 Å². The number of amides is 1. The first-order valence-electron chi connectivity index (χ1n) is 10.3. The Labute approximate surface area is 170 Å². The van der Waals surface area contributed by atoms with E-state index >= 15 is 0 Å². The lowest BCUT2D eigenvalue weighted by Gasteiger charge is -2.29. The quantitative estimate of drug-likeness (QED) is 0.832. The van der Waals surface area contributed by atoms with Crippen LogP contribution < -0.4 is 10.9 Å². The van der Waals surface area contributed by atoms with Crippen LogP contribution in [-0.4, -0.2) is 16.5 Å². The molecule has 1 fully saturated rings. The molecule has 1 aromatic carbocycles. The van der Waals surface area contributed by atoms with E-state index in [-0.39, 0.29) is 24.1 Å². The first kappa shape index (κ1) is 19.3. The first-order chi connectivity index (χ1) is 13.5. The minimum Gasteiger partial charge on any atom is -0.352 e. The Hall–Kier alpha value is -2.07. The molecule has 1 amide bonds. The van der Waals surface area contributed by atoms with Gasteiger partial charge in [-0.1, -0.05) is 49.6 Å². The van der Waals surface area contributed by atoms with E-state index in [1.807, 2.05) is 24.3 Å².